The lowest BCUT2D eigenvalue weighted by molar-refractivity contribution is -0.129. The van der Waals surface area contributed by atoms with Gasteiger partial charge in [-0.3, -0.25) is 4.79 Å². The highest BCUT2D eigenvalue weighted by Gasteiger charge is 2.30. The smallest absolute Gasteiger partial charge is 0.239 e. The predicted octanol–water partition coefficient (Wildman–Crippen LogP) is -0.0274. The molecule has 0 aromatic carbocycles. The Hall–Kier alpha value is -0.610. The van der Waals surface area contributed by atoms with Crippen LogP contribution in [0, 0.1) is 5.92 Å². The lowest BCUT2D eigenvalue weighted by atomic mass is 10.00. The number of carbonyl (C=O) groups is 1. The number of ether oxygens (including phenoxy) is 1. The van der Waals surface area contributed by atoms with Crippen LogP contribution in [0.4, 0.5) is 0 Å². The molecule has 2 fully saturated rings. The summed E-state index contributed by atoms with van der Waals surface area (Å²) >= 11 is 0. The highest BCUT2D eigenvalue weighted by Crippen LogP contribution is 2.19. The number of amides is 1. The van der Waals surface area contributed by atoms with Gasteiger partial charge < -0.3 is 15.4 Å². The van der Waals surface area contributed by atoms with Crippen molar-refractivity contribution in [3.05, 3.63) is 0 Å². The molecule has 2 aliphatic heterocycles. The Kier molecular flexibility index (Phi) is 3.03. The third kappa shape index (κ3) is 2.07. The number of rotatable bonds is 2. The molecule has 0 aromatic rings. The van der Waals surface area contributed by atoms with Crippen molar-refractivity contribution in [2.75, 3.05) is 26.3 Å². The third-order valence-electron chi connectivity index (χ3n) is 3.16. The minimum Gasteiger partial charge on any atom is -0.381 e. The van der Waals surface area contributed by atoms with Gasteiger partial charge in [0.15, 0.2) is 0 Å². The van der Waals surface area contributed by atoms with E-state index in [0.29, 0.717) is 5.92 Å². The van der Waals surface area contributed by atoms with Gasteiger partial charge in [-0.05, 0) is 25.2 Å². The zero-order valence-corrected chi connectivity index (χ0v) is 8.45. The minimum atomic E-state index is -0.241. The maximum absolute atomic E-state index is 11.5. The van der Waals surface area contributed by atoms with Crippen molar-refractivity contribution in [1.29, 1.82) is 0 Å². The second-order valence-corrected chi connectivity index (χ2v) is 4.24. The average Bonchev–Trinajstić information content (AvgIpc) is 2.52. The van der Waals surface area contributed by atoms with E-state index in [2.05, 4.69) is 0 Å². The van der Waals surface area contributed by atoms with Crippen molar-refractivity contribution in [2.45, 2.75) is 25.3 Å². The van der Waals surface area contributed by atoms with Crippen LogP contribution in [-0.2, 0) is 9.53 Å². The van der Waals surface area contributed by atoms with E-state index in [-0.39, 0.29) is 11.9 Å². The van der Waals surface area contributed by atoms with Crippen molar-refractivity contribution in [3.8, 4) is 0 Å². The highest BCUT2D eigenvalue weighted by atomic mass is 16.5. The summed E-state index contributed by atoms with van der Waals surface area (Å²) in [5.41, 5.74) is 5.66. The molecule has 0 spiro atoms. The van der Waals surface area contributed by atoms with E-state index in [1.807, 2.05) is 4.90 Å². The predicted molar refractivity (Wildman–Crippen MR) is 52.7 cm³/mol. The zero-order chi connectivity index (χ0) is 9.97. The molecule has 1 amide bonds. The Labute approximate surface area is 84.4 Å². The van der Waals surface area contributed by atoms with Gasteiger partial charge in [0.1, 0.15) is 0 Å². The second-order valence-electron chi connectivity index (χ2n) is 4.24. The summed E-state index contributed by atoms with van der Waals surface area (Å²) < 4.78 is 5.28. The highest BCUT2D eigenvalue weighted by molar-refractivity contribution is 5.83. The van der Waals surface area contributed by atoms with Gasteiger partial charge >= 0.3 is 0 Å². The van der Waals surface area contributed by atoms with E-state index in [0.717, 1.165) is 45.6 Å². The van der Waals surface area contributed by atoms with Crippen LogP contribution in [0.5, 0.6) is 0 Å². The van der Waals surface area contributed by atoms with E-state index in [4.69, 9.17) is 10.5 Å². The Morgan fingerprint density at radius 1 is 1.36 bits per heavy atom. The standard InChI is InChI=1S/C10H18N2O2/c11-9-1-4-12(10(9)13)7-8-2-5-14-6-3-8/h8-9H,1-7,11H2/t9-/m0/s1. The SMILES string of the molecule is N[C@H]1CCN(CC2CCOCC2)C1=O. The van der Waals surface area contributed by atoms with Crippen LogP contribution in [0.15, 0.2) is 0 Å². The summed E-state index contributed by atoms with van der Waals surface area (Å²) in [7, 11) is 0. The Morgan fingerprint density at radius 3 is 2.64 bits per heavy atom. The Bertz CT molecular complexity index is 214. The van der Waals surface area contributed by atoms with Gasteiger partial charge in [0.05, 0.1) is 6.04 Å². The number of hydrogen-bond acceptors (Lipinski definition) is 3. The molecule has 0 bridgehead atoms. The first-order chi connectivity index (χ1) is 6.77. The summed E-state index contributed by atoms with van der Waals surface area (Å²) in [6, 6.07) is -0.241. The van der Waals surface area contributed by atoms with Crippen molar-refractivity contribution in [3.63, 3.8) is 0 Å². The first kappa shape index (κ1) is 9.93. The first-order valence-corrected chi connectivity index (χ1v) is 5.39. The fraction of sp³-hybridized carbons (Fsp3) is 0.900. The van der Waals surface area contributed by atoms with Crippen molar-refractivity contribution >= 4 is 5.91 Å². The van der Waals surface area contributed by atoms with E-state index in [9.17, 15) is 4.79 Å². The van der Waals surface area contributed by atoms with Crippen LogP contribution in [0.1, 0.15) is 19.3 Å². The van der Waals surface area contributed by atoms with Crippen molar-refractivity contribution < 1.29 is 9.53 Å². The number of nitrogens with zero attached hydrogens (tertiary/aromatic N) is 1. The number of nitrogens with two attached hydrogens (primary N) is 1. The molecule has 0 aromatic heterocycles. The molecule has 0 aliphatic carbocycles. The summed E-state index contributed by atoms with van der Waals surface area (Å²) in [6.45, 7) is 3.42. The summed E-state index contributed by atoms with van der Waals surface area (Å²) in [4.78, 5) is 13.5. The number of carbonyl (C=O) groups excluding carboxylic acids is 1. The topological polar surface area (TPSA) is 55.6 Å². The molecule has 2 heterocycles. The second kappa shape index (κ2) is 4.28. The molecular formula is C10H18N2O2. The molecule has 2 aliphatic rings. The van der Waals surface area contributed by atoms with Crippen LogP contribution in [-0.4, -0.2) is 43.2 Å². The normalized spacial score (nSPS) is 29.9. The fourth-order valence-electron chi connectivity index (χ4n) is 2.19. The first-order valence-electron chi connectivity index (χ1n) is 5.39. The lowest BCUT2D eigenvalue weighted by Crippen LogP contribution is -2.38. The van der Waals surface area contributed by atoms with Crippen LogP contribution in [0.2, 0.25) is 0 Å². The third-order valence-corrected chi connectivity index (χ3v) is 3.16. The van der Waals surface area contributed by atoms with E-state index < -0.39 is 0 Å². The molecule has 4 nitrogen and oxygen atoms in total. The molecule has 2 rings (SSSR count). The van der Waals surface area contributed by atoms with Crippen LogP contribution >= 0.6 is 0 Å². The average molecular weight is 198 g/mol. The van der Waals surface area contributed by atoms with Gasteiger partial charge in [-0.25, -0.2) is 0 Å². The number of likely N-dealkylation sites (tertiary alicyclic amines) is 1. The monoisotopic (exact) mass is 198 g/mol. The van der Waals surface area contributed by atoms with Crippen LogP contribution < -0.4 is 5.73 Å². The van der Waals surface area contributed by atoms with E-state index in [1.54, 1.807) is 0 Å². The molecule has 14 heavy (non-hydrogen) atoms. The van der Waals surface area contributed by atoms with E-state index in [1.165, 1.54) is 0 Å². The van der Waals surface area contributed by atoms with Gasteiger partial charge in [-0.15, -0.1) is 0 Å². The molecule has 0 radical (unpaired) electrons. The quantitative estimate of drug-likeness (QED) is 0.678. The Balaban J connectivity index is 1.82. The molecule has 0 saturated carbocycles. The van der Waals surface area contributed by atoms with Gasteiger partial charge in [-0.2, -0.15) is 0 Å². The Morgan fingerprint density at radius 2 is 2.07 bits per heavy atom. The van der Waals surface area contributed by atoms with E-state index >= 15 is 0 Å². The minimum absolute atomic E-state index is 0.136. The lowest BCUT2D eigenvalue weighted by Gasteiger charge is -2.26. The zero-order valence-electron chi connectivity index (χ0n) is 8.45. The summed E-state index contributed by atoms with van der Waals surface area (Å²) in [6.07, 6.45) is 2.99. The largest absolute Gasteiger partial charge is 0.381 e. The summed E-state index contributed by atoms with van der Waals surface area (Å²) in [5.74, 6) is 0.759. The molecule has 0 unspecified atom stereocenters. The maximum Gasteiger partial charge on any atom is 0.239 e. The molecule has 2 saturated heterocycles. The van der Waals surface area contributed by atoms with Gasteiger partial charge in [-0.1, -0.05) is 0 Å². The fourth-order valence-corrected chi connectivity index (χ4v) is 2.19. The maximum atomic E-state index is 11.5. The van der Waals surface area contributed by atoms with Crippen LogP contribution in [0.25, 0.3) is 0 Å². The molecule has 2 N–H and O–H groups in total. The van der Waals surface area contributed by atoms with Crippen LogP contribution in [0.3, 0.4) is 0 Å². The van der Waals surface area contributed by atoms with Crippen molar-refractivity contribution in [2.24, 2.45) is 11.7 Å². The van der Waals surface area contributed by atoms with Crippen molar-refractivity contribution in [1.82, 2.24) is 4.90 Å². The summed E-state index contributed by atoms with van der Waals surface area (Å²) in [5, 5.41) is 0. The molecule has 80 valence electrons. The van der Waals surface area contributed by atoms with Gasteiger partial charge in [0, 0.05) is 26.3 Å². The molecular weight excluding hydrogens is 180 g/mol. The number of hydrogen-bond donors (Lipinski definition) is 1. The van der Waals surface area contributed by atoms with Gasteiger partial charge in [0.2, 0.25) is 5.91 Å². The van der Waals surface area contributed by atoms with Gasteiger partial charge in [0.25, 0.3) is 0 Å². The molecule has 1 atom stereocenters. The molecule has 4 heteroatoms.